The number of aromatic amines is 2. The molecule has 0 atom stereocenters. The number of nitrogen functional groups attached to an aromatic ring is 1. The fourth-order valence-corrected chi connectivity index (χ4v) is 5.03. The summed E-state index contributed by atoms with van der Waals surface area (Å²) in [5.41, 5.74) is 9.40. The molecule has 0 unspecified atom stereocenters. The summed E-state index contributed by atoms with van der Waals surface area (Å²) in [4.78, 5) is 27.2. The van der Waals surface area contributed by atoms with Crippen molar-refractivity contribution < 1.29 is 9.31 Å². The van der Waals surface area contributed by atoms with Crippen LogP contribution in [0.4, 0.5) is 16.0 Å². The zero-order chi connectivity index (χ0) is 23.6. The Hall–Kier alpha value is -4.47. The van der Waals surface area contributed by atoms with Gasteiger partial charge in [-0.1, -0.05) is 0 Å². The van der Waals surface area contributed by atoms with E-state index in [9.17, 15) is 14.9 Å². The van der Waals surface area contributed by atoms with Crippen LogP contribution < -0.4 is 11.3 Å². The topological polar surface area (TPSA) is 136 Å². The third kappa shape index (κ3) is 2.92. The van der Waals surface area contributed by atoms with Gasteiger partial charge in [0.25, 0.3) is 5.56 Å². The smallest absolute Gasteiger partial charge is 0.332 e. The summed E-state index contributed by atoms with van der Waals surface area (Å²) in [6.45, 7) is -0.108. The Balaban J connectivity index is 1.67. The van der Waals surface area contributed by atoms with Crippen LogP contribution in [0.2, 0.25) is 0 Å². The van der Waals surface area contributed by atoms with E-state index in [1.165, 1.54) is 16.8 Å². The van der Waals surface area contributed by atoms with Gasteiger partial charge in [-0.05, 0) is 65.6 Å². The molecule has 0 saturated carbocycles. The van der Waals surface area contributed by atoms with Crippen LogP contribution in [0.25, 0.3) is 32.9 Å². The number of H-pyrrole nitrogens is 2. The number of anilines is 1. The third-order valence-corrected chi connectivity index (χ3v) is 6.60. The monoisotopic (exact) mass is 458 g/mol. The molecule has 4 N–H and O–H groups in total. The van der Waals surface area contributed by atoms with E-state index in [1.54, 1.807) is 18.2 Å². The van der Waals surface area contributed by atoms with Gasteiger partial charge in [-0.2, -0.15) is 5.10 Å². The van der Waals surface area contributed by atoms with Gasteiger partial charge in [0.2, 0.25) is 0 Å². The maximum Gasteiger partial charge on any atom is 0.332 e. The Kier molecular flexibility index (Phi) is 4.31. The highest BCUT2D eigenvalue weighted by Gasteiger charge is 2.31. The van der Waals surface area contributed by atoms with Gasteiger partial charge in [0, 0.05) is 28.6 Å². The van der Waals surface area contributed by atoms with Crippen molar-refractivity contribution in [2.45, 2.75) is 25.8 Å². The number of nitrogens with one attached hydrogen (secondary N) is 2. The first-order chi connectivity index (χ1) is 16.4. The fraction of sp³-hybridized carbons (Fsp3) is 0.167. The van der Waals surface area contributed by atoms with Gasteiger partial charge in [0.05, 0.1) is 16.6 Å². The summed E-state index contributed by atoms with van der Waals surface area (Å²) >= 11 is 0. The van der Waals surface area contributed by atoms with E-state index in [2.05, 4.69) is 15.2 Å². The van der Waals surface area contributed by atoms with Gasteiger partial charge in [-0.15, -0.1) is 0 Å². The average Bonchev–Trinajstić information content (AvgIpc) is 3.49. The van der Waals surface area contributed by atoms with Crippen molar-refractivity contribution in [2.24, 2.45) is 0 Å². The molecule has 2 aromatic carbocycles. The third-order valence-electron chi connectivity index (χ3n) is 6.60. The van der Waals surface area contributed by atoms with Crippen LogP contribution in [0, 0.1) is 15.9 Å². The molecule has 6 rings (SSSR count). The molecule has 1 aliphatic rings. The van der Waals surface area contributed by atoms with E-state index in [1.807, 2.05) is 12.1 Å². The van der Waals surface area contributed by atoms with E-state index >= 15 is 4.39 Å². The van der Waals surface area contributed by atoms with E-state index in [0.717, 1.165) is 30.4 Å². The molecule has 0 amide bonds. The van der Waals surface area contributed by atoms with Crippen LogP contribution in [0.15, 0.2) is 47.4 Å². The highest BCUT2D eigenvalue weighted by Crippen LogP contribution is 2.42. The van der Waals surface area contributed by atoms with Crippen molar-refractivity contribution in [3.05, 3.63) is 85.6 Å². The van der Waals surface area contributed by atoms with Crippen LogP contribution in [0.3, 0.4) is 0 Å². The maximum atomic E-state index is 15.0. The number of nitrogens with two attached hydrogens (primary N) is 1. The molecular formula is C24H19FN6O3. The Bertz CT molecular complexity index is 1700. The van der Waals surface area contributed by atoms with E-state index < -0.39 is 16.3 Å². The first-order valence-electron chi connectivity index (χ1n) is 10.8. The van der Waals surface area contributed by atoms with Gasteiger partial charge in [0.1, 0.15) is 17.9 Å². The molecule has 0 saturated heterocycles. The molecule has 34 heavy (non-hydrogen) atoms. The summed E-state index contributed by atoms with van der Waals surface area (Å²) < 4.78 is 16.5. The van der Waals surface area contributed by atoms with Crippen LogP contribution in [0.5, 0.6) is 0 Å². The van der Waals surface area contributed by atoms with Crippen molar-refractivity contribution in [1.82, 2.24) is 19.7 Å². The maximum absolute atomic E-state index is 15.0. The first-order valence-corrected chi connectivity index (χ1v) is 10.8. The Labute approximate surface area is 191 Å². The van der Waals surface area contributed by atoms with Crippen LogP contribution in [-0.4, -0.2) is 24.7 Å². The standard InChI is InChI=1S/C24H19FN6O3/c25-18-10-19-16(22(26)29-28-19)8-14(18)11-30-20-9-13-4-1-3-12(13)7-17(20)21(24(30)31(33)34)15-5-2-6-27-23(15)32/h2,5-10H,1,3-4,11H2,(H,27,32)(H3,26,28,29). The van der Waals surface area contributed by atoms with Gasteiger partial charge >= 0.3 is 5.82 Å². The van der Waals surface area contributed by atoms with Crippen molar-refractivity contribution in [1.29, 1.82) is 0 Å². The molecule has 170 valence electrons. The van der Waals surface area contributed by atoms with Gasteiger partial charge in [-0.3, -0.25) is 9.89 Å². The minimum Gasteiger partial charge on any atom is -0.382 e. The Morgan fingerprint density at radius 2 is 1.97 bits per heavy atom. The normalized spacial score (nSPS) is 13.1. The quantitative estimate of drug-likeness (QED) is 0.276. The number of aromatic nitrogens is 4. The zero-order valence-electron chi connectivity index (χ0n) is 17.9. The fourth-order valence-electron chi connectivity index (χ4n) is 5.03. The number of nitrogens with zero attached hydrogens (tertiary/aromatic N) is 3. The lowest BCUT2D eigenvalue weighted by atomic mass is 10.0. The lowest BCUT2D eigenvalue weighted by molar-refractivity contribution is -0.390. The molecule has 3 aromatic heterocycles. The number of hydrogen-bond acceptors (Lipinski definition) is 5. The molecule has 5 aromatic rings. The predicted octanol–water partition coefficient (Wildman–Crippen LogP) is 4.04. The van der Waals surface area contributed by atoms with Crippen molar-refractivity contribution in [3.8, 4) is 11.1 Å². The molecule has 10 heteroatoms. The average molecular weight is 458 g/mol. The second-order valence-corrected chi connectivity index (χ2v) is 8.54. The predicted molar refractivity (Wildman–Crippen MR) is 126 cm³/mol. The lowest BCUT2D eigenvalue weighted by Crippen LogP contribution is -2.10. The second kappa shape index (κ2) is 7.27. The number of rotatable bonds is 4. The van der Waals surface area contributed by atoms with Crippen LogP contribution in [-0.2, 0) is 19.4 Å². The molecular weight excluding hydrogens is 439 g/mol. The molecule has 0 radical (unpaired) electrons. The van der Waals surface area contributed by atoms with Crippen molar-refractivity contribution in [2.75, 3.05) is 5.73 Å². The highest BCUT2D eigenvalue weighted by atomic mass is 19.1. The van der Waals surface area contributed by atoms with Crippen LogP contribution >= 0.6 is 0 Å². The SMILES string of the molecule is Nc1n[nH]c2cc(F)c(Cn3c([N+](=O)[O-])c(-c4ccc[nH]c4=O)c4cc5c(cc43)CCC5)cc12. The summed E-state index contributed by atoms with van der Waals surface area (Å²) in [5.74, 6) is -0.569. The molecule has 0 spiro atoms. The van der Waals surface area contributed by atoms with Crippen LogP contribution in [0.1, 0.15) is 23.1 Å². The highest BCUT2D eigenvalue weighted by molar-refractivity contribution is 6.02. The van der Waals surface area contributed by atoms with Gasteiger partial charge < -0.3 is 20.8 Å². The number of hydrogen-bond donors (Lipinski definition) is 3. The lowest BCUT2D eigenvalue weighted by Gasteiger charge is -2.07. The summed E-state index contributed by atoms with van der Waals surface area (Å²) in [5, 5.41) is 20.1. The molecule has 0 bridgehead atoms. The molecule has 9 nitrogen and oxygen atoms in total. The van der Waals surface area contributed by atoms with Gasteiger partial charge in [0.15, 0.2) is 5.82 Å². The molecule has 0 aliphatic heterocycles. The first kappa shape index (κ1) is 20.2. The van der Waals surface area contributed by atoms with E-state index in [0.29, 0.717) is 21.8 Å². The molecule has 1 aliphatic carbocycles. The Morgan fingerprint density at radius 3 is 2.74 bits per heavy atom. The Morgan fingerprint density at radius 1 is 1.18 bits per heavy atom. The summed E-state index contributed by atoms with van der Waals surface area (Å²) in [6.07, 6.45) is 4.22. The second-order valence-electron chi connectivity index (χ2n) is 8.54. The minimum absolute atomic E-state index is 0.108. The number of pyridine rings is 1. The number of halogens is 1. The van der Waals surface area contributed by atoms with E-state index in [4.69, 9.17) is 5.73 Å². The van der Waals surface area contributed by atoms with Crippen molar-refractivity contribution >= 4 is 33.4 Å². The van der Waals surface area contributed by atoms with E-state index in [-0.39, 0.29) is 34.9 Å². The molecule has 0 fully saturated rings. The largest absolute Gasteiger partial charge is 0.382 e. The summed E-state index contributed by atoms with van der Waals surface area (Å²) in [7, 11) is 0. The number of aryl methyl sites for hydroxylation is 2. The number of fused-ring (bicyclic) bond motifs is 3. The number of benzene rings is 2. The van der Waals surface area contributed by atoms with Crippen molar-refractivity contribution in [3.63, 3.8) is 0 Å². The summed E-state index contributed by atoms with van der Waals surface area (Å²) in [6, 6.07) is 9.92. The van der Waals surface area contributed by atoms with Gasteiger partial charge in [-0.25, -0.2) is 8.96 Å². The number of nitro groups is 1. The molecule has 3 heterocycles. The zero-order valence-corrected chi connectivity index (χ0v) is 17.9. The minimum atomic E-state index is -0.535.